The van der Waals surface area contributed by atoms with Crippen LogP contribution in [-0.2, 0) is 43.0 Å². The number of carbonyl (C=O) groups excluding carboxylic acids is 6. The molecule has 3 N–H and O–H groups in total. The fourth-order valence-corrected chi connectivity index (χ4v) is 3.31. The molecule has 3 atom stereocenters. The highest BCUT2D eigenvalue weighted by Crippen LogP contribution is 2.07. The molecule has 13 nitrogen and oxygen atoms in total. The zero-order chi connectivity index (χ0) is 28.9. The Bertz CT molecular complexity index is 709. The molecule has 0 aliphatic rings. The van der Waals surface area contributed by atoms with E-state index >= 15 is 0 Å². The lowest BCUT2D eigenvalue weighted by molar-refractivity contribution is -0.147. The molecule has 0 saturated heterocycles. The lowest BCUT2D eigenvalue weighted by Crippen LogP contribution is -2.54. The van der Waals surface area contributed by atoms with Crippen LogP contribution in [0.2, 0.25) is 0 Å². The first kappa shape index (κ1) is 33.8. The molecule has 0 unspecified atom stereocenters. The predicted octanol–water partition coefficient (Wildman–Crippen LogP) is -0.770. The third-order valence-electron chi connectivity index (χ3n) is 5.42. The second-order valence-corrected chi connectivity index (χ2v) is 9.58. The topological polar surface area (TPSA) is 169 Å². The van der Waals surface area contributed by atoms with E-state index in [2.05, 4.69) is 16.0 Å². The van der Waals surface area contributed by atoms with Crippen LogP contribution in [0.4, 0.5) is 0 Å². The van der Waals surface area contributed by atoms with Crippen molar-refractivity contribution in [2.75, 3.05) is 41.0 Å². The molecular weight excluding hydrogens is 488 g/mol. The standard InChI is InChI=1S/C24H42N4O9/c1-13(2)19(22(32)35-7)25-16(29)10-28(11-17(30)26-20(14(3)4)23(33)36-8)12-18(31)27-21(15(5)6)24(34)37-9/h13-15,19-21H,10-12H2,1-9H3,(H,25,29)(H,26,30)(H,27,31)/t19-,20-,21-/m0/s1. The number of rotatable bonds is 15. The van der Waals surface area contributed by atoms with Crippen molar-refractivity contribution in [3.8, 4) is 0 Å². The maximum atomic E-state index is 12.7. The van der Waals surface area contributed by atoms with Gasteiger partial charge in [0.25, 0.3) is 0 Å². The molecular formula is C24H42N4O9. The number of ether oxygens (including phenoxy) is 3. The normalized spacial score (nSPS) is 13.5. The van der Waals surface area contributed by atoms with Gasteiger partial charge in [0, 0.05) is 0 Å². The van der Waals surface area contributed by atoms with Gasteiger partial charge >= 0.3 is 17.9 Å². The minimum Gasteiger partial charge on any atom is -0.467 e. The largest absolute Gasteiger partial charge is 0.467 e. The molecule has 0 aliphatic carbocycles. The first-order chi connectivity index (χ1) is 17.2. The van der Waals surface area contributed by atoms with E-state index in [0.717, 1.165) is 0 Å². The minimum absolute atomic E-state index is 0.282. The van der Waals surface area contributed by atoms with E-state index in [4.69, 9.17) is 14.2 Å². The van der Waals surface area contributed by atoms with Gasteiger partial charge in [0.15, 0.2) is 0 Å². The van der Waals surface area contributed by atoms with E-state index in [1.54, 1.807) is 41.5 Å². The molecule has 0 aromatic rings. The summed E-state index contributed by atoms with van der Waals surface area (Å²) in [6.45, 7) is 9.02. The Morgan fingerprint density at radius 2 is 0.730 bits per heavy atom. The number of amides is 3. The van der Waals surface area contributed by atoms with E-state index in [-0.39, 0.29) is 17.8 Å². The molecule has 0 fully saturated rings. The van der Waals surface area contributed by atoms with Crippen molar-refractivity contribution >= 4 is 35.6 Å². The van der Waals surface area contributed by atoms with Gasteiger partial charge in [0.05, 0.1) is 41.0 Å². The highest BCUT2D eigenvalue weighted by atomic mass is 16.5. The Kier molecular flexibility index (Phi) is 15.1. The summed E-state index contributed by atoms with van der Waals surface area (Å²) in [5.74, 6) is -4.66. The summed E-state index contributed by atoms with van der Waals surface area (Å²) in [5.41, 5.74) is 0. The van der Waals surface area contributed by atoms with Gasteiger partial charge in [-0.1, -0.05) is 41.5 Å². The monoisotopic (exact) mass is 530 g/mol. The summed E-state index contributed by atoms with van der Waals surface area (Å²) in [4.78, 5) is 75.5. The van der Waals surface area contributed by atoms with E-state index in [9.17, 15) is 28.8 Å². The lowest BCUT2D eigenvalue weighted by atomic mass is 10.0. The van der Waals surface area contributed by atoms with Crippen LogP contribution in [-0.4, -0.2) is 99.6 Å². The molecule has 0 radical (unpaired) electrons. The zero-order valence-corrected chi connectivity index (χ0v) is 23.2. The second kappa shape index (κ2) is 16.5. The van der Waals surface area contributed by atoms with Gasteiger partial charge in [-0.15, -0.1) is 0 Å². The van der Waals surface area contributed by atoms with Crippen LogP contribution in [0.15, 0.2) is 0 Å². The number of methoxy groups -OCH3 is 3. The molecule has 3 amide bonds. The maximum absolute atomic E-state index is 12.7. The predicted molar refractivity (Wildman–Crippen MR) is 133 cm³/mol. The number of hydrogen-bond donors (Lipinski definition) is 3. The van der Waals surface area contributed by atoms with Crippen molar-refractivity contribution in [1.82, 2.24) is 20.9 Å². The third-order valence-corrected chi connectivity index (χ3v) is 5.42. The van der Waals surface area contributed by atoms with Crippen molar-refractivity contribution < 1.29 is 43.0 Å². The first-order valence-corrected chi connectivity index (χ1v) is 12.0. The smallest absolute Gasteiger partial charge is 0.328 e. The van der Waals surface area contributed by atoms with Gasteiger partial charge in [-0.2, -0.15) is 0 Å². The highest BCUT2D eigenvalue weighted by molar-refractivity contribution is 5.89. The molecule has 0 aromatic heterocycles. The molecule has 0 rings (SSSR count). The van der Waals surface area contributed by atoms with E-state index in [0.29, 0.717) is 0 Å². The molecule has 0 saturated carbocycles. The fourth-order valence-electron chi connectivity index (χ4n) is 3.31. The van der Waals surface area contributed by atoms with Crippen LogP contribution in [0.25, 0.3) is 0 Å². The maximum Gasteiger partial charge on any atom is 0.328 e. The van der Waals surface area contributed by atoms with Gasteiger partial charge in [0.1, 0.15) is 18.1 Å². The van der Waals surface area contributed by atoms with Crippen molar-refractivity contribution in [3.05, 3.63) is 0 Å². The lowest BCUT2D eigenvalue weighted by Gasteiger charge is -2.26. The molecule has 0 aromatic carbocycles. The van der Waals surface area contributed by atoms with E-state index < -0.39 is 73.4 Å². The van der Waals surface area contributed by atoms with Crippen molar-refractivity contribution in [2.45, 2.75) is 59.7 Å². The number of nitrogens with zero attached hydrogens (tertiary/aromatic N) is 1. The van der Waals surface area contributed by atoms with E-state index in [1.165, 1.54) is 26.2 Å². The van der Waals surface area contributed by atoms with Crippen LogP contribution in [0, 0.1) is 17.8 Å². The summed E-state index contributed by atoms with van der Waals surface area (Å²) in [7, 11) is 3.59. The highest BCUT2D eigenvalue weighted by Gasteiger charge is 2.30. The molecule has 13 heteroatoms. The number of esters is 3. The minimum atomic E-state index is -0.934. The van der Waals surface area contributed by atoms with Crippen molar-refractivity contribution in [3.63, 3.8) is 0 Å². The molecule has 0 spiro atoms. The summed E-state index contributed by atoms with van der Waals surface area (Å²) in [6.07, 6.45) is 0. The van der Waals surface area contributed by atoms with Crippen molar-refractivity contribution in [2.24, 2.45) is 17.8 Å². The number of hydrogen-bond acceptors (Lipinski definition) is 10. The third kappa shape index (κ3) is 12.0. The van der Waals surface area contributed by atoms with E-state index in [1.807, 2.05) is 0 Å². The van der Waals surface area contributed by atoms with Crippen LogP contribution in [0.1, 0.15) is 41.5 Å². The SMILES string of the molecule is COC(=O)[C@@H](NC(=O)CN(CC(=O)N[C@H](C(=O)OC)C(C)C)CC(=O)N[C@H](C(=O)OC)C(C)C)C(C)C. The van der Waals surface area contributed by atoms with Gasteiger partial charge in [0.2, 0.25) is 17.7 Å². The van der Waals surface area contributed by atoms with Crippen LogP contribution in [0.5, 0.6) is 0 Å². The van der Waals surface area contributed by atoms with Crippen LogP contribution in [0.3, 0.4) is 0 Å². The summed E-state index contributed by atoms with van der Waals surface area (Å²) < 4.78 is 14.2. The molecule has 0 aliphatic heterocycles. The molecule has 0 bridgehead atoms. The van der Waals surface area contributed by atoms with Crippen molar-refractivity contribution in [1.29, 1.82) is 0 Å². The molecule has 0 heterocycles. The van der Waals surface area contributed by atoms with Gasteiger partial charge in [-0.3, -0.25) is 19.3 Å². The van der Waals surface area contributed by atoms with Gasteiger partial charge in [-0.25, -0.2) is 14.4 Å². The fraction of sp³-hybridized carbons (Fsp3) is 0.750. The Hall–Kier alpha value is -3.22. The zero-order valence-electron chi connectivity index (χ0n) is 23.2. The van der Waals surface area contributed by atoms with Crippen LogP contribution < -0.4 is 16.0 Å². The molecule has 37 heavy (non-hydrogen) atoms. The van der Waals surface area contributed by atoms with Gasteiger partial charge < -0.3 is 30.2 Å². The average molecular weight is 531 g/mol. The quantitative estimate of drug-likeness (QED) is 0.180. The Labute approximate surface area is 218 Å². The Morgan fingerprint density at radius 3 is 0.892 bits per heavy atom. The average Bonchev–Trinajstić information content (AvgIpc) is 2.82. The van der Waals surface area contributed by atoms with Gasteiger partial charge in [-0.05, 0) is 17.8 Å². The Morgan fingerprint density at radius 1 is 0.514 bits per heavy atom. The molecule has 212 valence electrons. The summed E-state index contributed by atoms with van der Waals surface area (Å²) in [6, 6.07) is -2.80. The Balaban J connectivity index is 5.70. The number of nitrogens with one attached hydrogen (secondary N) is 3. The first-order valence-electron chi connectivity index (χ1n) is 12.0. The van der Waals surface area contributed by atoms with Crippen LogP contribution >= 0.6 is 0 Å². The second-order valence-electron chi connectivity index (χ2n) is 9.58. The summed E-state index contributed by atoms with van der Waals surface area (Å²) >= 11 is 0. The summed E-state index contributed by atoms with van der Waals surface area (Å²) in [5, 5.41) is 7.65. The number of carbonyl (C=O) groups is 6.